The molecule has 0 spiro atoms. The van der Waals surface area contributed by atoms with Gasteiger partial charge in [-0.3, -0.25) is 0 Å². The van der Waals surface area contributed by atoms with Crippen LogP contribution in [0.15, 0.2) is 54.6 Å². The third kappa shape index (κ3) is 2.67. The van der Waals surface area contributed by atoms with Crippen LogP contribution in [0, 0.1) is 0 Å². The molecule has 3 heteroatoms. The Hall–Kier alpha value is -1.70. The van der Waals surface area contributed by atoms with E-state index in [2.05, 4.69) is 42.5 Å². The second kappa shape index (κ2) is 5.52. The molecule has 0 radical (unpaired) electrons. The molecule has 96 valence electrons. The summed E-state index contributed by atoms with van der Waals surface area (Å²) in [5.41, 5.74) is 1.16. The molecule has 0 saturated carbocycles. The van der Waals surface area contributed by atoms with E-state index in [9.17, 15) is 0 Å². The first-order valence-electron chi connectivity index (χ1n) is 6.11. The molecule has 0 atom stereocenters. The van der Waals surface area contributed by atoms with Gasteiger partial charge in [-0.1, -0.05) is 0 Å². The fourth-order valence-electron chi connectivity index (χ4n) is 1.98. The van der Waals surface area contributed by atoms with Crippen molar-refractivity contribution in [3.63, 3.8) is 0 Å². The average Bonchev–Trinajstić information content (AvgIpc) is 2.48. The van der Waals surface area contributed by atoms with Crippen LogP contribution in [0.5, 0.6) is 11.5 Å². The monoisotopic (exact) mass is 318 g/mol. The number of fused-ring (bicyclic) bond motifs is 1. The van der Waals surface area contributed by atoms with E-state index < -0.39 is 0 Å². The molecule has 2 nitrogen and oxygen atoms in total. The molecule has 0 unspecified atom stereocenters. The second-order valence-electron chi connectivity index (χ2n) is 4.16. The first kappa shape index (κ1) is 12.3. The molecular weight excluding hydrogens is 303 g/mol. The van der Waals surface area contributed by atoms with Gasteiger partial charge in [-0.15, -0.1) is 0 Å². The van der Waals surface area contributed by atoms with E-state index in [-0.39, 0.29) is 0 Å². The van der Waals surface area contributed by atoms with Crippen molar-refractivity contribution in [1.29, 1.82) is 0 Å². The molecular formula is C16H14O2Se. The fourth-order valence-corrected chi connectivity index (χ4v) is 4.01. The Labute approximate surface area is 119 Å². The van der Waals surface area contributed by atoms with Crippen LogP contribution in [0.1, 0.15) is 5.56 Å². The summed E-state index contributed by atoms with van der Waals surface area (Å²) in [5, 5.41) is 0. The summed E-state index contributed by atoms with van der Waals surface area (Å²) in [7, 11) is 1.69. The maximum absolute atomic E-state index is 5.67. The van der Waals surface area contributed by atoms with Gasteiger partial charge in [-0.25, -0.2) is 0 Å². The topological polar surface area (TPSA) is 18.5 Å². The van der Waals surface area contributed by atoms with Crippen molar-refractivity contribution >= 4 is 23.9 Å². The van der Waals surface area contributed by atoms with Gasteiger partial charge in [0, 0.05) is 0 Å². The number of benzene rings is 2. The Morgan fingerprint density at radius 3 is 2.74 bits per heavy atom. The molecule has 0 aromatic heterocycles. The molecule has 19 heavy (non-hydrogen) atoms. The molecule has 0 aliphatic carbocycles. The molecule has 0 bridgehead atoms. The van der Waals surface area contributed by atoms with Gasteiger partial charge >= 0.3 is 119 Å². The minimum absolute atomic E-state index is 0.298. The molecule has 0 amide bonds. The van der Waals surface area contributed by atoms with Gasteiger partial charge in [-0.05, 0) is 0 Å². The van der Waals surface area contributed by atoms with Crippen LogP contribution in [0.3, 0.4) is 0 Å². The standard InChI is InChI=1S/C16H14O2Se/c1-17-12-7-8-15-14(11-12)16(9-10-18-15)19-13-5-3-2-4-6-13/h2-9,11H,10H2,1H3. The zero-order valence-corrected chi connectivity index (χ0v) is 12.3. The third-order valence-electron chi connectivity index (χ3n) is 2.93. The van der Waals surface area contributed by atoms with Crippen LogP contribution in [0.25, 0.3) is 4.47 Å². The summed E-state index contributed by atoms with van der Waals surface area (Å²) < 4.78 is 13.7. The summed E-state index contributed by atoms with van der Waals surface area (Å²) in [5.74, 6) is 1.83. The Bertz CT molecular complexity index is 605. The molecule has 2 aromatic rings. The Kier molecular flexibility index (Phi) is 3.58. The predicted molar refractivity (Wildman–Crippen MR) is 78.3 cm³/mol. The van der Waals surface area contributed by atoms with E-state index in [1.54, 1.807) is 7.11 Å². The van der Waals surface area contributed by atoms with Crippen molar-refractivity contribution in [3.05, 3.63) is 60.2 Å². The van der Waals surface area contributed by atoms with E-state index in [4.69, 9.17) is 9.47 Å². The summed E-state index contributed by atoms with van der Waals surface area (Å²) in [6.45, 7) is 0.656. The van der Waals surface area contributed by atoms with E-state index in [0.29, 0.717) is 21.6 Å². The quantitative estimate of drug-likeness (QED) is 0.810. The van der Waals surface area contributed by atoms with Crippen molar-refractivity contribution in [1.82, 2.24) is 0 Å². The number of methoxy groups -OCH3 is 1. The number of hydrogen-bond donors (Lipinski definition) is 0. The first-order chi connectivity index (χ1) is 9.36. The van der Waals surface area contributed by atoms with Crippen LogP contribution in [-0.2, 0) is 0 Å². The second-order valence-corrected chi connectivity index (χ2v) is 6.50. The van der Waals surface area contributed by atoms with E-state index in [0.717, 1.165) is 17.1 Å². The average molecular weight is 317 g/mol. The molecule has 1 heterocycles. The fraction of sp³-hybridized carbons (Fsp3) is 0.125. The van der Waals surface area contributed by atoms with E-state index >= 15 is 0 Å². The summed E-state index contributed by atoms with van der Waals surface area (Å²) >= 11 is 0.298. The van der Waals surface area contributed by atoms with Crippen LogP contribution in [-0.4, -0.2) is 28.7 Å². The number of hydrogen-bond acceptors (Lipinski definition) is 2. The molecule has 1 aliphatic heterocycles. The van der Waals surface area contributed by atoms with Crippen LogP contribution >= 0.6 is 0 Å². The van der Waals surface area contributed by atoms with Crippen LogP contribution in [0.4, 0.5) is 0 Å². The maximum atomic E-state index is 5.67. The van der Waals surface area contributed by atoms with E-state index in [1.807, 2.05) is 12.1 Å². The normalized spacial score (nSPS) is 13.2. The molecule has 1 aliphatic rings. The van der Waals surface area contributed by atoms with Gasteiger partial charge in [-0.2, -0.15) is 0 Å². The van der Waals surface area contributed by atoms with Crippen molar-refractivity contribution < 1.29 is 9.47 Å². The number of rotatable bonds is 3. The zero-order valence-electron chi connectivity index (χ0n) is 10.6. The Balaban J connectivity index is 1.94. The SMILES string of the molecule is COc1ccc2c(c1)C([Se]c1ccccc1)=CCO2. The van der Waals surface area contributed by atoms with Gasteiger partial charge < -0.3 is 0 Å². The Morgan fingerprint density at radius 2 is 1.95 bits per heavy atom. The number of ether oxygens (including phenoxy) is 2. The minimum atomic E-state index is 0.298. The van der Waals surface area contributed by atoms with Gasteiger partial charge in [0.2, 0.25) is 0 Å². The predicted octanol–water partition coefficient (Wildman–Crippen LogP) is 2.46. The summed E-state index contributed by atoms with van der Waals surface area (Å²) in [4.78, 5) is 0. The van der Waals surface area contributed by atoms with Crippen LogP contribution in [0.2, 0.25) is 0 Å². The summed E-state index contributed by atoms with van der Waals surface area (Å²) in [6.07, 6.45) is 2.18. The molecule has 0 N–H and O–H groups in total. The molecule has 0 saturated heterocycles. The van der Waals surface area contributed by atoms with Gasteiger partial charge in [0.1, 0.15) is 0 Å². The van der Waals surface area contributed by atoms with Crippen molar-refractivity contribution in [2.24, 2.45) is 0 Å². The molecule has 3 rings (SSSR count). The van der Waals surface area contributed by atoms with Crippen LogP contribution < -0.4 is 13.9 Å². The van der Waals surface area contributed by atoms with Crippen molar-refractivity contribution in [2.75, 3.05) is 13.7 Å². The van der Waals surface area contributed by atoms with Gasteiger partial charge in [0.05, 0.1) is 0 Å². The summed E-state index contributed by atoms with van der Waals surface area (Å²) in [6, 6.07) is 16.6. The van der Waals surface area contributed by atoms with Crippen molar-refractivity contribution in [3.8, 4) is 11.5 Å². The first-order valence-corrected chi connectivity index (χ1v) is 7.82. The Morgan fingerprint density at radius 1 is 1.11 bits per heavy atom. The van der Waals surface area contributed by atoms with Crippen molar-refractivity contribution in [2.45, 2.75) is 0 Å². The van der Waals surface area contributed by atoms with Gasteiger partial charge in [0.25, 0.3) is 0 Å². The van der Waals surface area contributed by atoms with E-state index in [1.165, 1.54) is 8.93 Å². The molecule has 0 fully saturated rings. The zero-order chi connectivity index (χ0) is 13.1. The van der Waals surface area contributed by atoms with Gasteiger partial charge in [0.15, 0.2) is 0 Å². The third-order valence-corrected chi connectivity index (χ3v) is 5.27. The molecule has 2 aromatic carbocycles.